The maximum atomic E-state index is 11.9. The lowest BCUT2D eigenvalue weighted by molar-refractivity contribution is -0.150. The van der Waals surface area contributed by atoms with Gasteiger partial charge in [0.15, 0.2) is 0 Å². The topological polar surface area (TPSA) is 72.6 Å². The van der Waals surface area contributed by atoms with Gasteiger partial charge in [0.2, 0.25) is 5.91 Å². The van der Waals surface area contributed by atoms with E-state index in [-0.39, 0.29) is 31.5 Å². The van der Waals surface area contributed by atoms with E-state index in [9.17, 15) is 9.59 Å². The van der Waals surface area contributed by atoms with Crippen molar-refractivity contribution in [1.29, 1.82) is 0 Å². The van der Waals surface area contributed by atoms with Gasteiger partial charge in [-0.1, -0.05) is 30.3 Å². The largest absolute Gasteiger partial charge is 0.459 e. The van der Waals surface area contributed by atoms with Crippen LogP contribution in [0.25, 0.3) is 0 Å². The Morgan fingerprint density at radius 1 is 1.29 bits per heavy atom. The molecule has 5 nitrogen and oxygen atoms in total. The van der Waals surface area contributed by atoms with Crippen LogP contribution in [-0.4, -0.2) is 35.9 Å². The first-order chi connectivity index (χ1) is 9.66. The highest BCUT2D eigenvalue weighted by Gasteiger charge is 2.25. The van der Waals surface area contributed by atoms with Crippen LogP contribution >= 0.6 is 12.4 Å². The number of amides is 1. The van der Waals surface area contributed by atoms with Gasteiger partial charge in [-0.05, 0) is 24.8 Å². The molecule has 1 amide bonds. The van der Waals surface area contributed by atoms with Crippen LogP contribution in [0, 0.1) is 0 Å². The summed E-state index contributed by atoms with van der Waals surface area (Å²) in [7, 11) is 0. The van der Waals surface area contributed by atoms with Crippen molar-refractivity contribution in [3.63, 3.8) is 0 Å². The van der Waals surface area contributed by atoms with Crippen LogP contribution in [0.3, 0.4) is 0 Å². The van der Waals surface area contributed by atoms with Gasteiger partial charge >= 0.3 is 5.97 Å². The molecule has 6 heteroatoms. The number of nitrogens with two attached hydrogens (primary N) is 1. The van der Waals surface area contributed by atoms with E-state index in [1.54, 1.807) is 0 Å². The third kappa shape index (κ3) is 5.36. The third-order valence-electron chi connectivity index (χ3n) is 3.38. The second-order valence-corrected chi connectivity index (χ2v) is 5.01. The highest BCUT2D eigenvalue weighted by Crippen LogP contribution is 2.11. The molecule has 2 rings (SSSR count). The highest BCUT2D eigenvalue weighted by atomic mass is 35.5. The molecule has 0 aromatic heterocycles. The number of benzene rings is 1. The molecule has 1 aromatic rings. The Labute approximate surface area is 130 Å². The van der Waals surface area contributed by atoms with Crippen molar-refractivity contribution in [2.24, 2.45) is 5.73 Å². The molecule has 2 N–H and O–H groups in total. The molecule has 1 unspecified atom stereocenters. The molecule has 1 aliphatic rings. The molecule has 0 radical (unpaired) electrons. The first-order valence-electron chi connectivity index (χ1n) is 6.91. The smallest absolute Gasteiger partial charge is 0.325 e. The predicted octanol–water partition coefficient (Wildman–Crippen LogP) is 1.49. The maximum absolute atomic E-state index is 11.9. The summed E-state index contributed by atoms with van der Waals surface area (Å²) in [4.78, 5) is 25.2. The van der Waals surface area contributed by atoms with Gasteiger partial charge in [-0.3, -0.25) is 9.59 Å². The Morgan fingerprint density at radius 2 is 2.00 bits per heavy atom. The molecule has 1 fully saturated rings. The zero-order valence-electron chi connectivity index (χ0n) is 11.9. The molecule has 1 atom stereocenters. The van der Waals surface area contributed by atoms with Crippen LogP contribution in [0.15, 0.2) is 30.3 Å². The second-order valence-electron chi connectivity index (χ2n) is 5.01. The van der Waals surface area contributed by atoms with E-state index in [0.29, 0.717) is 13.0 Å². The number of halogens is 1. The molecule has 116 valence electrons. The summed E-state index contributed by atoms with van der Waals surface area (Å²) >= 11 is 0. The summed E-state index contributed by atoms with van der Waals surface area (Å²) in [5.74, 6) is -0.546. The molecular formula is C15H21ClN2O3. The summed E-state index contributed by atoms with van der Waals surface area (Å²) in [5, 5.41) is 0. The molecule has 21 heavy (non-hydrogen) atoms. The normalized spacial score (nSPS) is 18.6. The summed E-state index contributed by atoms with van der Waals surface area (Å²) in [5.41, 5.74) is 6.70. The minimum Gasteiger partial charge on any atom is -0.459 e. The standard InChI is InChI=1S/C15H20N2O3.ClH/c16-13-8-4-5-9-17(15(13)19)10-14(18)20-11-12-6-2-1-3-7-12;/h1-3,6-7,13H,4-5,8-11,16H2;1H. The quantitative estimate of drug-likeness (QED) is 0.855. The summed E-state index contributed by atoms with van der Waals surface area (Å²) < 4.78 is 5.18. The minimum atomic E-state index is -0.487. The molecule has 0 saturated carbocycles. The van der Waals surface area contributed by atoms with Crippen molar-refractivity contribution >= 4 is 24.3 Å². The lowest BCUT2D eigenvalue weighted by Crippen LogP contribution is -2.44. The number of ether oxygens (including phenoxy) is 1. The molecule has 0 spiro atoms. The van der Waals surface area contributed by atoms with Crippen molar-refractivity contribution in [2.75, 3.05) is 13.1 Å². The van der Waals surface area contributed by atoms with Crippen LogP contribution in [-0.2, 0) is 20.9 Å². The molecule has 0 aliphatic carbocycles. The van der Waals surface area contributed by atoms with Gasteiger partial charge in [0.05, 0.1) is 6.04 Å². The van der Waals surface area contributed by atoms with Gasteiger partial charge in [0.25, 0.3) is 0 Å². The van der Waals surface area contributed by atoms with Crippen LogP contribution in [0.5, 0.6) is 0 Å². The monoisotopic (exact) mass is 312 g/mol. The Balaban J connectivity index is 0.00000220. The average molecular weight is 313 g/mol. The number of nitrogens with zero attached hydrogens (tertiary/aromatic N) is 1. The predicted molar refractivity (Wildman–Crippen MR) is 81.9 cm³/mol. The Morgan fingerprint density at radius 3 is 2.71 bits per heavy atom. The van der Waals surface area contributed by atoms with Crippen LogP contribution in [0.4, 0.5) is 0 Å². The fraction of sp³-hybridized carbons (Fsp3) is 0.467. The fourth-order valence-corrected chi connectivity index (χ4v) is 2.23. The van der Waals surface area contributed by atoms with Crippen molar-refractivity contribution in [1.82, 2.24) is 4.90 Å². The lowest BCUT2D eigenvalue weighted by atomic mass is 10.1. The van der Waals surface area contributed by atoms with E-state index in [1.165, 1.54) is 4.90 Å². The summed E-state index contributed by atoms with van der Waals surface area (Å²) in [6, 6.07) is 8.98. The number of hydrogen-bond acceptors (Lipinski definition) is 4. The number of esters is 1. The lowest BCUT2D eigenvalue weighted by Gasteiger charge is -2.21. The molecule has 1 heterocycles. The van der Waals surface area contributed by atoms with Gasteiger partial charge in [0, 0.05) is 6.54 Å². The van der Waals surface area contributed by atoms with E-state index >= 15 is 0 Å². The van der Waals surface area contributed by atoms with E-state index < -0.39 is 12.0 Å². The van der Waals surface area contributed by atoms with Crippen molar-refractivity contribution in [2.45, 2.75) is 31.9 Å². The van der Waals surface area contributed by atoms with E-state index in [1.807, 2.05) is 30.3 Å². The Hall–Kier alpha value is -1.59. The summed E-state index contributed by atoms with van der Waals surface area (Å²) in [6.07, 6.45) is 2.49. The zero-order chi connectivity index (χ0) is 14.4. The molecule has 1 aliphatic heterocycles. The van der Waals surface area contributed by atoms with Gasteiger partial charge < -0.3 is 15.4 Å². The van der Waals surface area contributed by atoms with Gasteiger partial charge in [-0.25, -0.2) is 0 Å². The SMILES string of the molecule is Cl.NC1CCCCN(CC(=O)OCc2ccccc2)C1=O. The second kappa shape index (κ2) is 8.64. The fourth-order valence-electron chi connectivity index (χ4n) is 2.23. The van der Waals surface area contributed by atoms with Gasteiger partial charge in [0.1, 0.15) is 13.2 Å². The van der Waals surface area contributed by atoms with E-state index in [2.05, 4.69) is 0 Å². The van der Waals surface area contributed by atoms with Crippen LogP contribution in [0.2, 0.25) is 0 Å². The number of carbonyl (C=O) groups is 2. The van der Waals surface area contributed by atoms with Crippen LogP contribution < -0.4 is 5.73 Å². The van der Waals surface area contributed by atoms with E-state index in [0.717, 1.165) is 18.4 Å². The van der Waals surface area contributed by atoms with Gasteiger partial charge in [-0.2, -0.15) is 0 Å². The number of likely N-dealkylation sites (tertiary alicyclic amines) is 1. The molecule has 0 bridgehead atoms. The average Bonchev–Trinajstić information content (AvgIpc) is 2.62. The first kappa shape index (κ1) is 17.5. The van der Waals surface area contributed by atoms with E-state index in [4.69, 9.17) is 10.5 Å². The molecule has 1 saturated heterocycles. The zero-order valence-corrected chi connectivity index (χ0v) is 12.7. The number of carbonyl (C=O) groups excluding carboxylic acids is 2. The molecular weight excluding hydrogens is 292 g/mol. The third-order valence-corrected chi connectivity index (χ3v) is 3.38. The number of rotatable bonds is 4. The number of hydrogen-bond donors (Lipinski definition) is 1. The molecule has 1 aromatic carbocycles. The van der Waals surface area contributed by atoms with Crippen molar-refractivity contribution < 1.29 is 14.3 Å². The minimum absolute atomic E-state index is 0. The first-order valence-corrected chi connectivity index (χ1v) is 6.91. The maximum Gasteiger partial charge on any atom is 0.325 e. The Kier molecular flexibility index (Phi) is 7.19. The van der Waals surface area contributed by atoms with Crippen LogP contribution in [0.1, 0.15) is 24.8 Å². The van der Waals surface area contributed by atoms with Gasteiger partial charge in [-0.15, -0.1) is 12.4 Å². The van der Waals surface area contributed by atoms with Crippen molar-refractivity contribution in [3.8, 4) is 0 Å². The Bertz CT molecular complexity index is 467. The van der Waals surface area contributed by atoms with Crippen molar-refractivity contribution in [3.05, 3.63) is 35.9 Å². The highest BCUT2D eigenvalue weighted by molar-refractivity contribution is 5.86. The summed E-state index contributed by atoms with van der Waals surface area (Å²) in [6.45, 7) is 0.792.